The molecular weight excluding hydrogens is 455 g/mol. The molecule has 0 aliphatic carbocycles. The Morgan fingerprint density at radius 1 is 1.15 bits per heavy atom. The molecule has 1 amide bonds. The monoisotopic (exact) mass is 479 g/mol. The molecule has 1 aliphatic rings. The second-order valence-corrected chi connectivity index (χ2v) is 8.08. The number of benzene rings is 2. The smallest absolute Gasteiger partial charge is 0.416 e. The molecule has 2 N–H and O–H groups in total. The first-order valence-electron chi connectivity index (χ1n) is 9.98. The predicted molar refractivity (Wildman–Crippen MR) is 122 cm³/mol. The van der Waals surface area contributed by atoms with E-state index >= 15 is 0 Å². The Labute approximate surface area is 195 Å². The molecule has 1 atom stereocenters. The second kappa shape index (κ2) is 9.70. The van der Waals surface area contributed by atoms with E-state index in [-0.39, 0.29) is 12.5 Å². The molecule has 0 radical (unpaired) electrons. The van der Waals surface area contributed by atoms with E-state index in [4.69, 9.17) is 21.7 Å². The minimum atomic E-state index is -4.43. The lowest BCUT2D eigenvalue weighted by molar-refractivity contribution is -0.137. The van der Waals surface area contributed by atoms with Crippen molar-refractivity contribution in [2.24, 2.45) is 0 Å². The summed E-state index contributed by atoms with van der Waals surface area (Å²) in [7, 11) is 4.79. The van der Waals surface area contributed by atoms with Crippen molar-refractivity contribution in [2.75, 3.05) is 21.2 Å². The third kappa shape index (κ3) is 5.57. The van der Waals surface area contributed by atoms with Crippen LogP contribution in [0.15, 0.2) is 53.7 Å². The van der Waals surface area contributed by atoms with E-state index < -0.39 is 17.8 Å². The SMILES string of the molecule is COc1cc(C2NC(=S)NC(C)=C2C(=O)N(C)C)ccc1OCc1cccc(C(F)(F)F)c1. The number of allylic oxidation sites excluding steroid dienone is 1. The molecule has 1 unspecified atom stereocenters. The number of carbonyl (C=O) groups excluding carboxylic acids is 1. The number of thiocarbonyl (C=S) groups is 1. The summed E-state index contributed by atoms with van der Waals surface area (Å²) in [5.74, 6) is 0.556. The summed E-state index contributed by atoms with van der Waals surface area (Å²) >= 11 is 5.27. The molecule has 0 saturated heterocycles. The molecule has 0 spiro atoms. The predicted octanol–water partition coefficient (Wildman–Crippen LogP) is 4.17. The van der Waals surface area contributed by atoms with Crippen molar-refractivity contribution in [2.45, 2.75) is 25.7 Å². The molecule has 0 bridgehead atoms. The van der Waals surface area contributed by atoms with Crippen LogP contribution >= 0.6 is 12.2 Å². The van der Waals surface area contributed by atoms with Crippen LogP contribution in [0, 0.1) is 0 Å². The fourth-order valence-electron chi connectivity index (χ4n) is 3.45. The molecule has 1 heterocycles. The Hall–Kier alpha value is -3.27. The summed E-state index contributed by atoms with van der Waals surface area (Å²) in [6.45, 7) is 1.71. The number of alkyl halides is 3. The number of carbonyl (C=O) groups is 1. The van der Waals surface area contributed by atoms with Gasteiger partial charge in [-0.1, -0.05) is 18.2 Å². The van der Waals surface area contributed by atoms with Gasteiger partial charge in [-0.15, -0.1) is 0 Å². The van der Waals surface area contributed by atoms with Gasteiger partial charge in [0.1, 0.15) is 6.61 Å². The third-order valence-corrected chi connectivity index (χ3v) is 5.30. The summed E-state index contributed by atoms with van der Waals surface area (Å²) < 4.78 is 50.0. The minimum Gasteiger partial charge on any atom is -0.493 e. The van der Waals surface area contributed by atoms with Gasteiger partial charge in [0.05, 0.1) is 24.3 Å². The van der Waals surface area contributed by atoms with E-state index in [0.29, 0.717) is 39.0 Å². The van der Waals surface area contributed by atoms with Crippen molar-refractivity contribution < 1.29 is 27.4 Å². The molecular formula is C23H24F3N3O3S. The molecule has 0 saturated carbocycles. The van der Waals surface area contributed by atoms with Crippen LogP contribution in [-0.2, 0) is 17.6 Å². The van der Waals surface area contributed by atoms with Crippen LogP contribution in [0.1, 0.15) is 29.7 Å². The van der Waals surface area contributed by atoms with Gasteiger partial charge in [0.15, 0.2) is 16.6 Å². The first kappa shape index (κ1) is 24.4. The number of halogens is 3. The lowest BCUT2D eigenvalue weighted by atomic mass is 9.94. The van der Waals surface area contributed by atoms with Crippen molar-refractivity contribution in [3.8, 4) is 11.5 Å². The van der Waals surface area contributed by atoms with Crippen molar-refractivity contribution in [1.82, 2.24) is 15.5 Å². The Balaban J connectivity index is 1.87. The zero-order valence-electron chi connectivity index (χ0n) is 18.5. The summed E-state index contributed by atoms with van der Waals surface area (Å²) in [4.78, 5) is 14.3. The molecule has 33 heavy (non-hydrogen) atoms. The zero-order valence-corrected chi connectivity index (χ0v) is 19.4. The van der Waals surface area contributed by atoms with E-state index in [1.807, 2.05) is 0 Å². The molecule has 6 nitrogen and oxygen atoms in total. The summed E-state index contributed by atoms with van der Waals surface area (Å²) in [5.41, 5.74) is 1.50. The van der Waals surface area contributed by atoms with Crippen LogP contribution in [-0.4, -0.2) is 37.1 Å². The molecule has 10 heteroatoms. The molecule has 2 aromatic carbocycles. The molecule has 0 fully saturated rings. The summed E-state index contributed by atoms with van der Waals surface area (Å²) in [6, 6.07) is 9.57. The average Bonchev–Trinajstić information content (AvgIpc) is 2.76. The number of hydrogen-bond donors (Lipinski definition) is 2. The highest BCUT2D eigenvalue weighted by molar-refractivity contribution is 7.80. The maximum absolute atomic E-state index is 13.0. The van der Waals surface area contributed by atoms with E-state index in [2.05, 4.69) is 10.6 Å². The standard InChI is InChI=1S/C23H24F3N3O3S/c1-13-19(21(30)29(2)3)20(28-22(33)27-13)15-8-9-17(18(11-15)31-4)32-12-14-6-5-7-16(10-14)23(24,25)26/h5-11,20H,12H2,1-4H3,(H2,27,28,33). The van der Waals surface area contributed by atoms with Gasteiger partial charge in [-0.2, -0.15) is 13.2 Å². The third-order valence-electron chi connectivity index (χ3n) is 5.08. The first-order valence-corrected chi connectivity index (χ1v) is 10.4. The van der Waals surface area contributed by atoms with Crippen molar-refractivity contribution in [3.05, 3.63) is 70.4 Å². The van der Waals surface area contributed by atoms with E-state index in [1.165, 1.54) is 18.1 Å². The molecule has 2 aromatic rings. The number of nitrogens with one attached hydrogen (secondary N) is 2. The summed E-state index contributed by atoms with van der Waals surface area (Å²) in [6.07, 6.45) is -4.43. The van der Waals surface area contributed by atoms with E-state index in [9.17, 15) is 18.0 Å². The maximum atomic E-state index is 13.0. The quantitative estimate of drug-likeness (QED) is 0.607. The van der Waals surface area contributed by atoms with E-state index in [1.54, 1.807) is 45.3 Å². The largest absolute Gasteiger partial charge is 0.493 e. The number of hydrogen-bond acceptors (Lipinski definition) is 4. The highest BCUT2D eigenvalue weighted by atomic mass is 32.1. The van der Waals surface area contributed by atoms with Gasteiger partial charge in [0, 0.05) is 19.8 Å². The Morgan fingerprint density at radius 2 is 1.88 bits per heavy atom. The summed E-state index contributed by atoms with van der Waals surface area (Å²) in [5, 5.41) is 6.47. The number of ether oxygens (including phenoxy) is 2. The van der Waals surface area contributed by atoms with Gasteiger partial charge in [0.25, 0.3) is 5.91 Å². The topological polar surface area (TPSA) is 62.8 Å². The highest BCUT2D eigenvalue weighted by Crippen LogP contribution is 2.35. The van der Waals surface area contributed by atoms with Crippen LogP contribution in [0.25, 0.3) is 0 Å². The zero-order chi connectivity index (χ0) is 24.3. The van der Waals surface area contributed by atoms with Crippen LogP contribution < -0.4 is 20.1 Å². The second-order valence-electron chi connectivity index (χ2n) is 7.67. The first-order chi connectivity index (χ1) is 15.5. The molecule has 3 rings (SSSR count). The molecule has 176 valence electrons. The van der Waals surface area contributed by atoms with Crippen LogP contribution in [0.2, 0.25) is 0 Å². The number of methoxy groups -OCH3 is 1. The van der Waals surface area contributed by atoms with E-state index in [0.717, 1.165) is 12.1 Å². The van der Waals surface area contributed by atoms with Crippen molar-refractivity contribution in [1.29, 1.82) is 0 Å². The lowest BCUT2D eigenvalue weighted by Crippen LogP contribution is -2.46. The lowest BCUT2D eigenvalue weighted by Gasteiger charge is -2.31. The fourth-order valence-corrected chi connectivity index (χ4v) is 3.72. The normalized spacial score (nSPS) is 16.1. The Kier molecular flexibility index (Phi) is 7.16. The Bertz CT molecular complexity index is 1100. The van der Waals surface area contributed by atoms with Crippen molar-refractivity contribution in [3.63, 3.8) is 0 Å². The van der Waals surface area contributed by atoms with Crippen molar-refractivity contribution >= 4 is 23.2 Å². The number of nitrogens with zero attached hydrogens (tertiary/aromatic N) is 1. The minimum absolute atomic E-state index is 0.0707. The van der Waals surface area contributed by atoms with Gasteiger partial charge >= 0.3 is 6.18 Å². The van der Waals surface area contributed by atoms with Gasteiger partial charge < -0.3 is 25.0 Å². The van der Waals surface area contributed by atoms with Gasteiger partial charge in [-0.05, 0) is 54.5 Å². The fraction of sp³-hybridized carbons (Fsp3) is 0.304. The average molecular weight is 480 g/mol. The highest BCUT2D eigenvalue weighted by Gasteiger charge is 2.32. The number of rotatable bonds is 6. The van der Waals surface area contributed by atoms with Crippen LogP contribution in [0.4, 0.5) is 13.2 Å². The van der Waals surface area contributed by atoms with Crippen LogP contribution in [0.3, 0.4) is 0 Å². The Morgan fingerprint density at radius 3 is 2.52 bits per heavy atom. The maximum Gasteiger partial charge on any atom is 0.416 e. The molecule has 0 aromatic heterocycles. The number of amides is 1. The van der Waals surface area contributed by atoms with Gasteiger partial charge in [-0.3, -0.25) is 4.79 Å². The molecule has 1 aliphatic heterocycles. The van der Waals surface area contributed by atoms with Gasteiger partial charge in [0.2, 0.25) is 0 Å². The van der Waals surface area contributed by atoms with Crippen LogP contribution in [0.5, 0.6) is 11.5 Å². The number of likely N-dealkylation sites (N-methyl/N-ethyl adjacent to an activating group) is 1. The van der Waals surface area contributed by atoms with Gasteiger partial charge in [-0.25, -0.2) is 0 Å².